The third kappa shape index (κ3) is 2.83. The number of halogens is 1. The summed E-state index contributed by atoms with van der Waals surface area (Å²) < 4.78 is 1.70. The second-order valence-corrected chi connectivity index (χ2v) is 4.75. The molecule has 0 radical (unpaired) electrons. The van der Waals surface area contributed by atoms with Crippen molar-refractivity contribution in [2.45, 2.75) is 26.3 Å². The minimum Gasteiger partial charge on any atom is -0.308 e. The summed E-state index contributed by atoms with van der Waals surface area (Å²) in [5.74, 6) is 0.207. The maximum Gasteiger partial charge on any atom is 0.155 e. The molecule has 0 spiro atoms. The van der Waals surface area contributed by atoms with Gasteiger partial charge in [-0.2, -0.15) is 5.10 Å². The van der Waals surface area contributed by atoms with Crippen molar-refractivity contribution in [1.82, 2.24) is 14.7 Å². The molecule has 0 atom stereocenters. The molecule has 0 aliphatic carbocycles. The average Bonchev–Trinajstić information content (AvgIpc) is 2.52. The maximum atomic E-state index is 11.0. The largest absolute Gasteiger partial charge is 0.308 e. The fourth-order valence-electron chi connectivity index (χ4n) is 1.45. The van der Waals surface area contributed by atoms with Crippen LogP contribution in [0.3, 0.4) is 0 Å². The van der Waals surface area contributed by atoms with Crippen LogP contribution in [0.1, 0.15) is 35.8 Å². The van der Waals surface area contributed by atoms with Crippen LogP contribution in [-0.4, -0.2) is 41.6 Å². The topological polar surface area (TPSA) is 38.1 Å². The molecule has 1 heterocycles. The summed E-state index contributed by atoms with van der Waals surface area (Å²) in [5, 5.41) is 4.82. The molecule has 0 aliphatic heterocycles. The van der Waals surface area contributed by atoms with Crippen LogP contribution in [0.4, 0.5) is 0 Å². The molecule has 90 valence electrons. The molecular weight excluding hydrogens is 226 g/mol. The summed E-state index contributed by atoms with van der Waals surface area (Å²) in [4.78, 5) is 13.0. The normalized spacial score (nSPS) is 11.4. The Morgan fingerprint density at radius 1 is 1.50 bits per heavy atom. The highest BCUT2D eigenvalue weighted by Crippen LogP contribution is 2.24. The van der Waals surface area contributed by atoms with Gasteiger partial charge in [-0.1, -0.05) is 25.4 Å². The number of hydrogen-bond acceptors (Lipinski definition) is 3. The molecule has 0 unspecified atom stereocenters. The summed E-state index contributed by atoms with van der Waals surface area (Å²) >= 11 is 6.11. The first kappa shape index (κ1) is 13.2. The number of likely N-dealkylation sites (N-methyl/N-ethyl adjacent to an activating group) is 1. The molecule has 1 aromatic heterocycles. The van der Waals surface area contributed by atoms with Gasteiger partial charge < -0.3 is 4.90 Å². The molecule has 0 saturated carbocycles. The van der Waals surface area contributed by atoms with E-state index in [-0.39, 0.29) is 5.92 Å². The van der Waals surface area contributed by atoms with Crippen LogP contribution >= 0.6 is 11.6 Å². The summed E-state index contributed by atoms with van der Waals surface area (Å²) in [6.07, 6.45) is 0.789. The van der Waals surface area contributed by atoms with Crippen LogP contribution in [0, 0.1) is 0 Å². The molecule has 4 nitrogen and oxygen atoms in total. The lowest BCUT2D eigenvalue weighted by molar-refractivity contribution is 0.112. The molecule has 1 rings (SSSR count). The van der Waals surface area contributed by atoms with Crippen molar-refractivity contribution in [1.29, 1.82) is 0 Å². The van der Waals surface area contributed by atoms with Crippen LogP contribution in [0.2, 0.25) is 5.15 Å². The van der Waals surface area contributed by atoms with E-state index in [2.05, 4.69) is 5.10 Å². The summed E-state index contributed by atoms with van der Waals surface area (Å²) in [5.41, 5.74) is 1.30. The SMILES string of the molecule is CC(C)c1nn(CCN(C)C)c(Cl)c1C=O. The summed E-state index contributed by atoms with van der Waals surface area (Å²) in [6, 6.07) is 0. The van der Waals surface area contributed by atoms with Crippen molar-refractivity contribution in [2.24, 2.45) is 0 Å². The number of rotatable bonds is 5. The van der Waals surface area contributed by atoms with E-state index in [1.165, 1.54) is 0 Å². The predicted molar refractivity (Wildman–Crippen MR) is 65.3 cm³/mol. The van der Waals surface area contributed by atoms with Crippen LogP contribution < -0.4 is 0 Å². The highest BCUT2D eigenvalue weighted by atomic mass is 35.5. The van der Waals surface area contributed by atoms with Crippen molar-refractivity contribution in [3.8, 4) is 0 Å². The lowest BCUT2D eigenvalue weighted by Gasteiger charge is -2.09. The van der Waals surface area contributed by atoms with Gasteiger partial charge in [-0.3, -0.25) is 9.48 Å². The molecule has 0 bridgehead atoms. The highest BCUT2D eigenvalue weighted by Gasteiger charge is 2.17. The predicted octanol–water partition coefficient (Wildman–Crippen LogP) is 2.03. The lowest BCUT2D eigenvalue weighted by atomic mass is 10.1. The number of carbonyl (C=O) groups excluding carboxylic acids is 1. The van der Waals surface area contributed by atoms with Crippen molar-refractivity contribution in [2.75, 3.05) is 20.6 Å². The second-order valence-electron chi connectivity index (χ2n) is 4.39. The first-order valence-corrected chi connectivity index (χ1v) is 5.71. The van der Waals surface area contributed by atoms with Gasteiger partial charge in [0.25, 0.3) is 0 Å². The standard InChI is InChI=1S/C11H18ClN3O/c1-8(2)10-9(7-16)11(12)15(13-10)6-5-14(3)4/h7-8H,5-6H2,1-4H3. The van der Waals surface area contributed by atoms with Gasteiger partial charge in [-0.15, -0.1) is 0 Å². The Labute approximate surface area is 101 Å². The molecule has 0 aliphatic rings. The Bertz CT molecular complexity index is 372. The number of carbonyl (C=O) groups is 1. The number of aldehydes is 1. The van der Waals surface area contributed by atoms with E-state index in [1.54, 1.807) is 4.68 Å². The van der Waals surface area contributed by atoms with Crippen LogP contribution in [-0.2, 0) is 6.54 Å². The molecule has 1 aromatic rings. The molecule has 5 heteroatoms. The van der Waals surface area contributed by atoms with E-state index in [4.69, 9.17) is 11.6 Å². The molecule has 0 saturated heterocycles. The number of nitrogens with zero attached hydrogens (tertiary/aromatic N) is 3. The average molecular weight is 244 g/mol. The fraction of sp³-hybridized carbons (Fsp3) is 0.636. The second kappa shape index (κ2) is 5.46. The molecule has 16 heavy (non-hydrogen) atoms. The van der Waals surface area contributed by atoms with E-state index >= 15 is 0 Å². The Balaban J connectivity index is 2.98. The van der Waals surface area contributed by atoms with Gasteiger partial charge in [0.1, 0.15) is 5.15 Å². The van der Waals surface area contributed by atoms with Gasteiger partial charge in [0.15, 0.2) is 6.29 Å². The lowest BCUT2D eigenvalue weighted by Crippen LogP contribution is -2.19. The smallest absolute Gasteiger partial charge is 0.155 e. The van der Waals surface area contributed by atoms with E-state index < -0.39 is 0 Å². The van der Waals surface area contributed by atoms with Gasteiger partial charge in [-0.25, -0.2) is 0 Å². The van der Waals surface area contributed by atoms with Crippen molar-refractivity contribution >= 4 is 17.9 Å². The van der Waals surface area contributed by atoms with E-state index in [0.29, 0.717) is 17.3 Å². The van der Waals surface area contributed by atoms with Gasteiger partial charge in [0, 0.05) is 6.54 Å². The minimum atomic E-state index is 0.207. The zero-order valence-corrected chi connectivity index (χ0v) is 11.0. The third-order valence-electron chi connectivity index (χ3n) is 2.38. The van der Waals surface area contributed by atoms with E-state index in [0.717, 1.165) is 18.5 Å². The van der Waals surface area contributed by atoms with Gasteiger partial charge in [0.05, 0.1) is 17.8 Å². The number of hydrogen-bond donors (Lipinski definition) is 0. The Morgan fingerprint density at radius 2 is 2.12 bits per heavy atom. The zero-order valence-electron chi connectivity index (χ0n) is 10.2. The van der Waals surface area contributed by atoms with Gasteiger partial charge in [0.2, 0.25) is 0 Å². The fourth-order valence-corrected chi connectivity index (χ4v) is 1.71. The summed E-state index contributed by atoms with van der Waals surface area (Å²) in [6.45, 7) is 5.54. The monoisotopic (exact) mass is 243 g/mol. The Hall–Kier alpha value is -0.870. The quantitative estimate of drug-likeness (QED) is 0.743. The van der Waals surface area contributed by atoms with Crippen molar-refractivity contribution in [3.05, 3.63) is 16.4 Å². The van der Waals surface area contributed by atoms with Crippen LogP contribution in [0.25, 0.3) is 0 Å². The van der Waals surface area contributed by atoms with Crippen molar-refractivity contribution < 1.29 is 4.79 Å². The van der Waals surface area contributed by atoms with Crippen molar-refractivity contribution in [3.63, 3.8) is 0 Å². The molecule has 0 amide bonds. The molecule has 0 N–H and O–H groups in total. The van der Waals surface area contributed by atoms with E-state index in [1.807, 2.05) is 32.8 Å². The first-order valence-electron chi connectivity index (χ1n) is 5.33. The minimum absolute atomic E-state index is 0.207. The first-order chi connectivity index (χ1) is 7.47. The summed E-state index contributed by atoms with van der Waals surface area (Å²) in [7, 11) is 3.97. The molecule has 0 fully saturated rings. The zero-order chi connectivity index (χ0) is 12.3. The number of aromatic nitrogens is 2. The van der Waals surface area contributed by atoms with E-state index in [9.17, 15) is 4.79 Å². The van der Waals surface area contributed by atoms with Crippen LogP contribution in [0.5, 0.6) is 0 Å². The van der Waals surface area contributed by atoms with Gasteiger partial charge in [-0.05, 0) is 20.0 Å². The Kier molecular flexibility index (Phi) is 4.50. The molecular formula is C11H18ClN3O. The third-order valence-corrected chi connectivity index (χ3v) is 2.78. The highest BCUT2D eigenvalue weighted by molar-refractivity contribution is 6.32. The maximum absolute atomic E-state index is 11.0. The van der Waals surface area contributed by atoms with Gasteiger partial charge >= 0.3 is 0 Å². The van der Waals surface area contributed by atoms with Crippen LogP contribution in [0.15, 0.2) is 0 Å². The molecule has 0 aromatic carbocycles. The Morgan fingerprint density at radius 3 is 2.50 bits per heavy atom.